The summed E-state index contributed by atoms with van der Waals surface area (Å²) in [6.45, 7) is 0.662. The van der Waals surface area contributed by atoms with Gasteiger partial charge < -0.3 is 10.8 Å². The Morgan fingerprint density at radius 2 is 2.24 bits per heavy atom. The van der Waals surface area contributed by atoms with Crippen molar-refractivity contribution in [2.75, 3.05) is 6.54 Å². The fourth-order valence-corrected chi connectivity index (χ4v) is 2.56. The summed E-state index contributed by atoms with van der Waals surface area (Å²) in [6.07, 6.45) is 1.79. The minimum Gasteiger partial charge on any atom is -0.507 e. The van der Waals surface area contributed by atoms with Gasteiger partial charge in [-0.05, 0) is 37.6 Å². The van der Waals surface area contributed by atoms with Gasteiger partial charge in [0.05, 0.1) is 11.3 Å². The molecule has 2 rings (SSSR count). The van der Waals surface area contributed by atoms with Gasteiger partial charge in [-0.25, -0.2) is 4.98 Å². The summed E-state index contributed by atoms with van der Waals surface area (Å²) in [4.78, 5) is 4.46. The maximum Gasteiger partial charge on any atom is 0.127 e. The minimum atomic E-state index is 0.203. The lowest BCUT2D eigenvalue weighted by Crippen LogP contribution is -2.00. The lowest BCUT2D eigenvalue weighted by Gasteiger charge is -2.01. The van der Waals surface area contributed by atoms with Crippen LogP contribution in [0.1, 0.15) is 12.1 Å². The summed E-state index contributed by atoms with van der Waals surface area (Å²) in [7, 11) is 0. The summed E-state index contributed by atoms with van der Waals surface area (Å²) in [5.41, 5.74) is 7.15. The number of nitrogens with zero attached hydrogens (tertiary/aromatic N) is 1. The number of hydrogen-bond acceptors (Lipinski definition) is 4. The normalized spacial score (nSPS) is 10.7. The highest BCUT2D eigenvalue weighted by Gasteiger charge is 2.09. The van der Waals surface area contributed by atoms with Crippen molar-refractivity contribution in [2.24, 2.45) is 5.73 Å². The number of nitrogens with two attached hydrogens (primary N) is 1. The van der Waals surface area contributed by atoms with Crippen LogP contribution in [0.3, 0.4) is 0 Å². The highest BCUT2D eigenvalue weighted by atomic mass is 35.5. The van der Waals surface area contributed by atoms with Crippen molar-refractivity contribution < 1.29 is 5.11 Å². The fourth-order valence-electron chi connectivity index (χ4n) is 1.51. The second kappa shape index (κ2) is 5.49. The molecule has 0 fully saturated rings. The van der Waals surface area contributed by atoms with Crippen LogP contribution in [-0.2, 0) is 6.42 Å². The van der Waals surface area contributed by atoms with E-state index in [9.17, 15) is 5.11 Å². The van der Waals surface area contributed by atoms with Crippen molar-refractivity contribution in [3.63, 3.8) is 0 Å². The van der Waals surface area contributed by atoms with E-state index in [0.29, 0.717) is 17.1 Å². The van der Waals surface area contributed by atoms with Gasteiger partial charge in [-0.3, -0.25) is 0 Å². The molecule has 0 spiro atoms. The van der Waals surface area contributed by atoms with E-state index in [1.807, 2.05) is 5.38 Å². The van der Waals surface area contributed by atoms with Crippen molar-refractivity contribution >= 4 is 22.9 Å². The van der Waals surface area contributed by atoms with Gasteiger partial charge in [0.25, 0.3) is 0 Å². The Morgan fingerprint density at radius 3 is 3.00 bits per heavy atom. The van der Waals surface area contributed by atoms with E-state index in [2.05, 4.69) is 4.98 Å². The first-order valence-corrected chi connectivity index (χ1v) is 6.60. The molecule has 0 aliphatic heterocycles. The monoisotopic (exact) mass is 268 g/mol. The molecule has 1 aromatic carbocycles. The molecule has 90 valence electrons. The van der Waals surface area contributed by atoms with Crippen molar-refractivity contribution in [1.29, 1.82) is 0 Å². The highest BCUT2D eigenvalue weighted by molar-refractivity contribution is 7.13. The SMILES string of the molecule is NCCCc1csc(-c2cc(Cl)ccc2O)n1. The lowest BCUT2D eigenvalue weighted by atomic mass is 10.2. The molecule has 5 heteroatoms. The number of aryl methyl sites for hydroxylation is 1. The molecule has 0 unspecified atom stereocenters. The average Bonchev–Trinajstić information content (AvgIpc) is 2.78. The summed E-state index contributed by atoms with van der Waals surface area (Å²) in [5.74, 6) is 0.203. The number of halogens is 1. The van der Waals surface area contributed by atoms with Gasteiger partial charge in [0, 0.05) is 10.4 Å². The van der Waals surface area contributed by atoms with Crippen molar-refractivity contribution in [3.05, 3.63) is 34.3 Å². The number of phenols is 1. The summed E-state index contributed by atoms with van der Waals surface area (Å²) >= 11 is 7.41. The number of hydrogen-bond donors (Lipinski definition) is 2. The topological polar surface area (TPSA) is 59.1 Å². The zero-order valence-corrected chi connectivity index (χ0v) is 10.8. The average molecular weight is 269 g/mol. The molecular weight excluding hydrogens is 256 g/mol. The van der Waals surface area contributed by atoms with Crippen LogP contribution in [0.15, 0.2) is 23.6 Å². The standard InChI is InChI=1S/C12H13ClN2OS/c13-8-3-4-11(16)10(6-8)12-15-9(7-17-12)2-1-5-14/h3-4,6-7,16H,1-2,5,14H2. The molecule has 0 atom stereocenters. The third-order valence-corrected chi connectivity index (χ3v) is 3.54. The predicted octanol–water partition coefficient (Wildman–Crippen LogP) is 3.06. The number of phenolic OH excluding ortho intramolecular Hbond substituents is 1. The van der Waals surface area contributed by atoms with E-state index in [1.54, 1.807) is 18.2 Å². The van der Waals surface area contributed by atoms with Crippen LogP contribution < -0.4 is 5.73 Å². The molecule has 0 saturated carbocycles. The highest BCUT2D eigenvalue weighted by Crippen LogP contribution is 2.33. The van der Waals surface area contributed by atoms with Gasteiger partial charge in [-0.2, -0.15) is 0 Å². The maximum atomic E-state index is 9.76. The molecular formula is C12H13ClN2OS. The Hall–Kier alpha value is -1.10. The van der Waals surface area contributed by atoms with Crippen molar-refractivity contribution in [1.82, 2.24) is 4.98 Å². The molecule has 0 amide bonds. The Bertz CT molecular complexity index is 513. The van der Waals surface area contributed by atoms with E-state index >= 15 is 0 Å². The van der Waals surface area contributed by atoms with Gasteiger partial charge in [-0.1, -0.05) is 11.6 Å². The molecule has 3 N–H and O–H groups in total. The van der Waals surface area contributed by atoms with Gasteiger partial charge in [0.1, 0.15) is 10.8 Å². The molecule has 1 aromatic heterocycles. The molecule has 2 aromatic rings. The Kier molecular flexibility index (Phi) is 3.99. The molecule has 3 nitrogen and oxygen atoms in total. The number of benzene rings is 1. The Morgan fingerprint density at radius 1 is 1.41 bits per heavy atom. The molecule has 0 bridgehead atoms. The first-order chi connectivity index (χ1) is 8.20. The first-order valence-electron chi connectivity index (χ1n) is 5.34. The van der Waals surface area contributed by atoms with Crippen LogP contribution in [0.4, 0.5) is 0 Å². The summed E-state index contributed by atoms with van der Waals surface area (Å²) < 4.78 is 0. The van der Waals surface area contributed by atoms with Crippen LogP contribution in [0, 0.1) is 0 Å². The molecule has 17 heavy (non-hydrogen) atoms. The lowest BCUT2D eigenvalue weighted by molar-refractivity contribution is 0.477. The Labute approximate surface area is 109 Å². The second-order valence-corrected chi connectivity index (χ2v) is 4.99. The molecule has 0 radical (unpaired) electrons. The summed E-state index contributed by atoms with van der Waals surface area (Å²) in [5, 5.41) is 13.1. The fraction of sp³-hybridized carbons (Fsp3) is 0.250. The van der Waals surface area contributed by atoms with Gasteiger partial charge in [-0.15, -0.1) is 11.3 Å². The third kappa shape index (κ3) is 2.97. The maximum absolute atomic E-state index is 9.76. The van der Waals surface area contributed by atoms with Crippen molar-refractivity contribution in [2.45, 2.75) is 12.8 Å². The van der Waals surface area contributed by atoms with Gasteiger partial charge in [0.15, 0.2) is 0 Å². The van der Waals surface area contributed by atoms with Crippen LogP contribution in [0.5, 0.6) is 5.75 Å². The van der Waals surface area contributed by atoms with E-state index in [0.717, 1.165) is 23.5 Å². The third-order valence-electron chi connectivity index (χ3n) is 2.38. The number of rotatable bonds is 4. The van der Waals surface area contributed by atoms with Crippen LogP contribution in [-0.4, -0.2) is 16.6 Å². The second-order valence-electron chi connectivity index (χ2n) is 3.70. The zero-order valence-electron chi connectivity index (χ0n) is 9.19. The molecule has 1 heterocycles. The van der Waals surface area contributed by atoms with E-state index < -0.39 is 0 Å². The van der Waals surface area contributed by atoms with Gasteiger partial charge >= 0.3 is 0 Å². The van der Waals surface area contributed by atoms with Crippen LogP contribution >= 0.6 is 22.9 Å². The van der Waals surface area contributed by atoms with E-state index in [-0.39, 0.29) is 5.75 Å². The van der Waals surface area contributed by atoms with Crippen LogP contribution in [0.2, 0.25) is 5.02 Å². The smallest absolute Gasteiger partial charge is 0.127 e. The largest absolute Gasteiger partial charge is 0.507 e. The number of aromatic hydroxyl groups is 1. The van der Waals surface area contributed by atoms with Crippen molar-refractivity contribution in [3.8, 4) is 16.3 Å². The number of aromatic nitrogens is 1. The minimum absolute atomic E-state index is 0.203. The number of thiazole rings is 1. The van der Waals surface area contributed by atoms with E-state index in [4.69, 9.17) is 17.3 Å². The molecule has 0 aliphatic carbocycles. The quantitative estimate of drug-likeness (QED) is 0.896. The van der Waals surface area contributed by atoms with E-state index in [1.165, 1.54) is 11.3 Å². The Balaban J connectivity index is 2.27. The zero-order chi connectivity index (χ0) is 12.3. The molecule has 0 aliphatic rings. The molecule has 0 saturated heterocycles. The first kappa shape index (κ1) is 12.4. The van der Waals surface area contributed by atoms with Gasteiger partial charge in [0.2, 0.25) is 0 Å². The summed E-state index contributed by atoms with van der Waals surface area (Å²) in [6, 6.07) is 4.96. The van der Waals surface area contributed by atoms with Crippen LogP contribution in [0.25, 0.3) is 10.6 Å². The predicted molar refractivity (Wildman–Crippen MR) is 71.6 cm³/mol.